The van der Waals surface area contributed by atoms with Crippen LogP contribution in [0.25, 0.3) is 0 Å². The summed E-state index contributed by atoms with van der Waals surface area (Å²) < 4.78 is 0. The van der Waals surface area contributed by atoms with Crippen molar-refractivity contribution in [1.29, 1.82) is 0 Å². The zero-order chi connectivity index (χ0) is 15.9. The number of carbonyl (C=O) groups is 2. The molecule has 1 aliphatic heterocycles. The number of hydrogen-bond donors (Lipinski definition) is 1. The molecule has 1 fully saturated rings. The van der Waals surface area contributed by atoms with E-state index in [1.807, 2.05) is 29.2 Å². The molecule has 0 aromatic heterocycles. The van der Waals surface area contributed by atoms with Crippen molar-refractivity contribution < 1.29 is 9.59 Å². The Morgan fingerprint density at radius 1 is 1.36 bits per heavy atom. The number of rotatable bonds is 6. The maximum absolute atomic E-state index is 12.6. The van der Waals surface area contributed by atoms with E-state index in [0.29, 0.717) is 6.54 Å². The summed E-state index contributed by atoms with van der Waals surface area (Å²) in [6, 6.07) is 8.15. The molecular weight excluding hydrogens is 296 g/mol. The van der Waals surface area contributed by atoms with Crippen LogP contribution in [0, 0.1) is 6.92 Å². The second-order valence-corrected chi connectivity index (χ2v) is 6.97. The molecule has 0 saturated carbocycles. The molecule has 1 unspecified atom stereocenters. The summed E-state index contributed by atoms with van der Waals surface area (Å²) in [6.45, 7) is 5.07. The van der Waals surface area contributed by atoms with Crippen LogP contribution in [0.2, 0.25) is 0 Å². The Kier molecular flexibility index (Phi) is 6.31. The summed E-state index contributed by atoms with van der Waals surface area (Å²) in [5, 5.41) is 2.84. The molecule has 1 aliphatic rings. The molecular formula is C17H24N2O2S. The van der Waals surface area contributed by atoms with Gasteiger partial charge in [-0.15, -0.1) is 11.8 Å². The fourth-order valence-electron chi connectivity index (χ4n) is 2.54. The molecule has 1 aromatic rings. The predicted molar refractivity (Wildman–Crippen MR) is 92.3 cm³/mol. The smallest absolute Gasteiger partial charge is 0.240 e. The average Bonchev–Trinajstić information content (AvgIpc) is 2.49. The minimum Gasteiger partial charge on any atom is -0.356 e. The van der Waals surface area contributed by atoms with E-state index in [2.05, 4.69) is 12.2 Å². The maximum Gasteiger partial charge on any atom is 0.240 e. The largest absolute Gasteiger partial charge is 0.356 e. The van der Waals surface area contributed by atoms with Gasteiger partial charge in [-0.3, -0.25) is 9.59 Å². The van der Waals surface area contributed by atoms with Gasteiger partial charge < -0.3 is 10.2 Å². The summed E-state index contributed by atoms with van der Waals surface area (Å²) in [6.07, 6.45) is 2.90. The van der Waals surface area contributed by atoms with Gasteiger partial charge in [0.1, 0.15) is 0 Å². The van der Waals surface area contributed by atoms with Gasteiger partial charge in [-0.25, -0.2) is 0 Å². The van der Waals surface area contributed by atoms with Gasteiger partial charge in [0, 0.05) is 25.7 Å². The fraction of sp³-hybridized carbons (Fsp3) is 0.529. The van der Waals surface area contributed by atoms with Crippen LogP contribution in [0.15, 0.2) is 24.3 Å². The molecule has 1 atom stereocenters. The van der Waals surface area contributed by atoms with E-state index < -0.39 is 0 Å². The lowest BCUT2D eigenvalue weighted by atomic mass is 10.1. The first kappa shape index (κ1) is 16.9. The van der Waals surface area contributed by atoms with Crippen molar-refractivity contribution in [1.82, 2.24) is 5.32 Å². The number of nitrogens with one attached hydrogen (secondary N) is 1. The van der Waals surface area contributed by atoms with Gasteiger partial charge in [0.25, 0.3) is 0 Å². The number of anilines is 1. The standard InChI is InChI=1S/C17H24N2O2S/c1-13-6-8-15(9-7-13)19-11-3-5-16(17(19)21)22-12-4-10-18-14(2)20/h6-9,16H,3-5,10-12H2,1-2H3,(H,18,20). The molecule has 4 nitrogen and oxygen atoms in total. The first-order chi connectivity index (χ1) is 10.6. The van der Waals surface area contributed by atoms with E-state index in [1.165, 1.54) is 12.5 Å². The number of thioether (sulfide) groups is 1. The van der Waals surface area contributed by atoms with Gasteiger partial charge in [-0.1, -0.05) is 17.7 Å². The van der Waals surface area contributed by atoms with Crippen LogP contribution in [0.5, 0.6) is 0 Å². The molecule has 2 rings (SSSR count). The second-order valence-electron chi connectivity index (χ2n) is 5.66. The molecule has 0 spiro atoms. The first-order valence-corrected chi connectivity index (χ1v) is 8.87. The Hall–Kier alpha value is -1.49. The molecule has 2 amide bonds. The van der Waals surface area contributed by atoms with Gasteiger partial charge in [0.2, 0.25) is 11.8 Å². The summed E-state index contributed by atoms with van der Waals surface area (Å²) in [5.74, 6) is 1.13. The monoisotopic (exact) mass is 320 g/mol. The lowest BCUT2D eigenvalue weighted by Gasteiger charge is -2.32. The predicted octanol–water partition coefficient (Wildman–Crippen LogP) is 2.75. The van der Waals surface area contributed by atoms with Crippen molar-refractivity contribution in [2.24, 2.45) is 0 Å². The summed E-state index contributed by atoms with van der Waals surface area (Å²) >= 11 is 1.72. The van der Waals surface area contributed by atoms with Crippen LogP contribution < -0.4 is 10.2 Å². The van der Waals surface area contributed by atoms with Crippen LogP contribution in [0.4, 0.5) is 5.69 Å². The lowest BCUT2D eigenvalue weighted by molar-refractivity contribution is -0.119. The number of aryl methyl sites for hydroxylation is 1. The minimum absolute atomic E-state index is 0.00397. The highest BCUT2D eigenvalue weighted by Gasteiger charge is 2.29. The van der Waals surface area contributed by atoms with Crippen molar-refractivity contribution in [3.63, 3.8) is 0 Å². The van der Waals surface area contributed by atoms with Crippen molar-refractivity contribution >= 4 is 29.3 Å². The van der Waals surface area contributed by atoms with Crippen LogP contribution in [0.1, 0.15) is 31.7 Å². The van der Waals surface area contributed by atoms with Crippen LogP contribution in [-0.4, -0.2) is 35.9 Å². The molecule has 0 radical (unpaired) electrons. The molecule has 0 aliphatic carbocycles. The Balaban J connectivity index is 1.84. The zero-order valence-corrected chi connectivity index (χ0v) is 14.1. The van der Waals surface area contributed by atoms with Crippen molar-refractivity contribution in [3.05, 3.63) is 29.8 Å². The van der Waals surface area contributed by atoms with Crippen molar-refractivity contribution in [3.8, 4) is 0 Å². The molecule has 1 aromatic carbocycles. The van der Waals surface area contributed by atoms with E-state index in [1.54, 1.807) is 11.8 Å². The lowest BCUT2D eigenvalue weighted by Crippen LogP contribution is -2.43. The van der Waals surface area contributed by atoms with E-state index in [-0.39, 0.29) is 17.1 Å². The normalized spacial score (nSPS) is 18.4. The summed E-state index contributed by atoms with van der Waals surface area (Å²) in [4.78, 5) is 25.3. The number of piperidine rings is 1. The Labute approximate surface area is 136 Å². The third-order valence-electron chi connectivity index (χ3n) is 3.75. The fourth-order valence-corrected chi connectivity index (χ4v) is 3.74. The Bertz CT molecular complexity index is 516. The third kappa shape index (κ3) is 4.77. The molecule has 5 heteroatoms. The van der Waals surface area contributed by atoms with Gasteiger partial charge in [0.05, 0.1) is 5.25 Å². The third-order valence-corrected chi connectivity index (χ3v) is 5.11. The van der Waals surface area contributed by atoms with E-state index >= 15 is 0 Å². The van der Waals surface area contributed by atoms with Crippen LogP contribution in [-0.2, 0) is 9.59 Å². The molecule has 0 bridgehead atoms. The Morgan fingerprint density at radius 2 is 2.09 bits per heavy atom. The van der Waals surface area contributed by atoms with Gasteiger partial charge in [-0.05, 0) is 44.1 Å². The minimum atomic E-state index is 0.00397. The van der Waals surface area contributed by atoms with E-state index in [4.69, 9.17) is 0 Å². The molecule has 1 heterocycles. The molecule has 1 N–H and O–H groups in total. The molecule has 1 saturated heterocycles. The number of benzene rings is 1. The van der Waals surface area contributed by atoms with Gasteiger partial charge in [0.15, 0.2) is 0 Å². The number of amides is 2. The number of carbonyl (C=O) groups excluding carboxylic acids is 2. The topological polar surface area (TPSA) is 49.4 Å². The SMILES string of the molecule is CC(=O)NCCCSC1CCCN(c2ccc(C)cc2)C1=O. The average molecular weight is 320 g/mol. The molecule has 22 heavy (non-hydrogen) atoms. The van der Waals surface area contributed by atoms with Gasteiger partial charge >= 0.3 is 0 Å². The van der Waals surface area contributed by atoms with E-state index in [0.717, 1.165) is 37.2 Å². The van der Waals surface area contributed by atoms with Gasteiger partial charge in [-0.2, -0.15) is 0 Å². The van der Waals surface area contributed by atoms with Crippen LogP contribution in [0.3, 0.4) is 0 Å². The first-order valence-electron chi connectivity index (χ1n) is 7.82. The van der Waals surface area contributed by atoms with Crippen molar-refractivity contribution in [2.75, 3.05) is 23.7 Å². The highest BCUT2D eigenvalue weighted by Crippen LogP contribution is 2.28. The number of hydrogen-bond acceptors (Lipinski definition) is 3. The highest BCUT2D eigenvalue weighted by molar-refractivity contribution is 8.00. The molecule has 120 valence electrons. The second kappa shape index (κ2) is 8.22. The quantitative estimate of drug-likeness (QED) is 0.820. The zero-order valence-electron chi connectivity index (χ0n) is 13.3. The Morgan fingerprint density at radius 3 is 2.77 bits per heavy atom. The van der Waals surface area contributed by atoms with Crippen molar-refractivity contribution in [2.45, 2.75) is 38.4 Å². The number of nitrogens with zero attached hydrogens (tertiary/aromatic N) is 1. The highest BCUT2D eigenvalue weighted by atomic mass is 32.2. The summed E-state index contributed by atoms with van der Waals surface area (Å²) in [7, 11) is 0. The van der Waals surface area contributed by atoms with E-state index in [9.17, 15) is 9.59 Å². The van der Waals surface area contributed by atoms with Crippen LogP contribution >= 0.6 is 11.8 Å². The maximum atomic E-state index is 12.6. The summed E-state index contributed by atoms with van der Waals surface area (Å²) in [5.41, 5.74) is 2.20.